The van der Waals surface area contributed by atoms with E-state index < -0.39 is 49.4 Å². The molecule has 4 N–H and O–H groups in total. The van der Waals surface area contributed by atoms with Gasteiger partial charge in [0.2, 0.25) is 0 Å². The van der Waals surface area contributed by atoms with Crippen LogP contribution in [0.2, 0.25) is 0 Å². The number of unbranched alkanes of at least 4 members (excludes halogenated alkanes) is 26. The van der Waals surface area contributed by atoms with Crippen molar-refractivity contribution in [2.24, 2.45) is 0 Å². The molecule has 0 radical (unpaired) electrons. The third kappa shape index (κ3) is 36.4. The van der Waals surface area contributed by atoms with Gasteiger partial charge < -0.3 is 39.4 Å². The molecule has 0 aromatic rings. The highest BCUT2D eigenvalue weighted by Crippen LogP contribution is 2.23. The van der Waals surface area contributed by atoms with Crippen LogP contribution in [0.4, 0.5) is 0 Å². The Hall–Kier alpha value is -2.34. The summed E-state index contributed by atoms with van der Waals surface area (Å²) in [6, 6.07) is 0. The zero-order valence-electron chi connectivity index (χ0n) is 41.5. The highest BCUT2D eigenvalue weighted by molar-refractivity contribution is 5.70. The fourth-order valence-electron chi connectivity index (χ4n) is 8.01. The lowest BCUT2D eigenvalue weighted by Gasteiger charge is -2.39. The highest BCUT2D eigenvalue weighted by Gasteiger charge is 2.44. The van der Waals surface area contributed by atoms with Crippen molar-refractivity contribution in [2.45, 2.75) is 269 Å². The number of carbonyl (C=O) groups is 2. The lowest BCUT2D eigenvalue weighted by molar-refractivity contribution is -0.305. The zero-order chi connectivity index (χ0) is 47.3. The summed E-state index contributed by atoms with van der Waals surface area (Å²) in [5, 5.41) is 40.2. The van der Waals surface area contributed by atoms with Crippen LogP contribution in [-0.4, -0.2) is 89.0 Å². The molecule has 1 aliphatic rings. The highest BCUT2D eigenvalue weighted by atomic mass is 16.7. The average molecular weight is 919 g/mol. The smallest absolute Gasteiger partial charge is 0.306 e. The van der Waals surface area contributed by atoms with Crippen LogP contribution in [0.5, 0.6) is 0 Å². The molecule has 0 aliphatic carbocycles. The van der Waals surface area contributed by atoms with Gasteiger partial charge in [0, 0.05) is 12.8 Å². The van der Waals surface area contributed by atoms with Crippen molar-refractivity contribution >= 4 is 11.9 Å². The molecule has 1 heterocycles. The number of ether oxygens (including phenoxy) is 4. The predicted octanol–water partition coefficient (Wildman–Crippen LogP) is 12.8. The molecular weight excluding hydrogens is 821 g/mol. The van der Waals surface area contributed by atoms with E-state index in [9.17, 15) is 30.0 Å². The van der Waals surface area contributed by atoms with E-state index in [0.29, 0.717) is 12.8 Å². The van der Waals surface area contributed by atoms with Crippen molar-refractivity contribution in [3.05, 3.63) is 48.6 Å². The predicted molar refractivity (Wildman–Crippen MR) is 265 cm³/mol. The number of hydrogen-bond donors (Lipinski definition) is 4. The van der Waals surface area contributed by atoms with Crippen molar-refractivity contribution in [1.29, 1.82) is 0 Å². The monoisotopic (exact) mass is 919 g/mol. The molecular formula is C55H98O10. The van der Waals surface area contributed by atoms with E-state index >= 15 is 0 Å². The number of aliphatic hydroxyl groups is 4. The molecule has 10 heteroatoms. The van der Waals surface area contributed by atoms with Gasteiger partial charge in [-0.25, -0.2) is 0 Å². The molecule has 1 fully saturated rings. The number of rotatable bonds is 45. The Morgan fingerprint density at radius 1 is 0.477 bits per heavy atom. The van der Waals surface area contributed by atoms with Crippen LogP contribution in [-0.2, 0) is 28.5 Å². The van der Waals surface area contributed by atoms with Crippen LogP contribution in [0.1, 0.15) is 232 Å². The number of allylic oxidation sites excluding steroid dienone is 8. The Balaban J connectivity index is 2.29. The van der Waals surface area contributed by atoms with E-state index in [2.05, 4.69) is 56.4 Å². The Labute approximate surface area is 397 Å². The van der Waals surface area contributed by atoms with Crippen molar-refractivity contribution in [3.8, 4) is 0 Å². The van der Waals surface area contributed by atoms with Crippen LogP contribution in [0.25, 0.3) is 0 Å². The second kappa shape index (κ2) is 45.4. The molecule has 0 aromatic heterocycles. The number of esters is 2. The van der Waals surface area contributed by atoms with Crippen LogP contribution in [0.3, 0.4) is 0 Å². The second-order valence-electron chi connectivity index (χ2n) is 18.3. The van der Waals surface area contributed by atoms with Gasteiger partial charge in [-0.15, -0.1) is 0 Å². The minimum atomic E-state index is -1.61. The van der Waals surface area contributed by atoms with Gasteiger partial charge in [0.1, 0.15) is 31.0 Å². The maximum absolute atomic E-state index is 12.8. The molecule has 1 saturated heterocycles. The topological polar surface area (TPSA) is 152 Å². The summed E-state index contributed by atoms with van der Waals surface area (Å²) in [6.45, 7) is 3.40. The molecule has 0 amide bonds. The molecule has 1 rings (SSSR count). The quantitative estimate of drug-likeness (QED) is 0.0264. The van der Waals surface area contributed by atoms with Gasteiger partial charge >= 0.3 is 11.9 Å². The Morgan fingerprint density at radius 2 is 0.877 bits per heavy atom. The molecule has 10 nitrogen and oxygen atoms in total. The normalized spacial score (nSPS) is 19.6. The molecule has 2 unspecified atom stereocenters. The van der Waals surface area contributed by atoms with E-state index in [0.717, 1.165) is 38.5 Å². The van der Waals surface area contributed by atoms with Gasteiger partial charge in [0.15, 0.2) is 12.4 Å². The molecule has 0 bridgehead atoms. The average Bonchev–Trinajstić information content (AvgIpc) is 3.30. The van der Waals surface area contributed by atoms with Crippen molar-refractivity contribution in [1.82, 2.24) is 0 Å². The van der Waals surface area contributed by atoms with Crippen LogP contribution < -0.4 is 0 Å². The molecule has 6 atom stereocenters. The minimum absolute atomic E-state index is 0.155. The minimum Gasteiger partial charge on any atom is -0.462 e. The summed E-state index contributed by atoms with van der Waals surface area (Å²) in [7, 11) is 0. The zero-order valence-corrected chi connectivity index (χ0v) is 41.5. The molecule has 0 aromatic carbocycles. The van der Waals surface area contributed by atoms with Crippen LogP contribution in [0, 0.1) is 0 Å². The summed E-state index contributed by atoms with van der Waals surface area (Å²) in [6.07, 6.45) is 48.4. The summed E-state index contributed by atoms with van der Waals surface area (Å²) < 4.78 is 22.2. The number of aliphatic hydroxyl groups excluding tert-OH is 4. The number of hydrogen-bond acceptors (Lipinski definition) is 10. The first-order valence-electron chi connectivity index (χ1n) is 26.7. The maximum atomic E-state index is 12.8. The Bertz CT molecular complexity index is 1200. The van der Waals surface area contributed by atoms with E-state index in [4.69, 9.17) is 18.9 Å². The van der Waals surface area contributed by atoms with Crippen molar-refractivity contribution < 1.29 is 49.0 Å². The van der Waals surface area contributed by atoms with E-state index in [1.54, 1.807) is 0 Å². The fraction of sp³-hybridized carbons (Fsp3) is 0.818. The molecule has 65 heavy (non-hydrogen) atoms. The fourth-order valence-corrected chi connectivity index (χ4v) is 8.01. The van der Waals surface area contributed by atoms with E-state index in [1.807, 2.05) is 6.08 Å². The SMILES string of the molecule is CCCCCCCCC/C=C/C/C=C/C/C=C/C/C=C/CCCC(=O)O[C@H](COC(=O)CCCCCCCCCCCCCCCCCCCCC)CO[C@@H]1O[C@H](CO)[C@H](O)C(O)C1O. The first-order chi connectivity index (χ1) is 31.8. The summed E-state index contributed by atoms with van der Waals surface area (Å²) in [4.78, 5) is 25.5. The number of carbonyl (C=O) groups excluding carboxylic acids is 2. The van der Waals surface area contributed by atoms with E-state index in [1.165, 1.54) is 154 Å². The third-order valence-electron chi connectivity index (χ3n) is 12.2. The van der Waals surface area contributed by atoms with Crippen LogP contribution >= 0.6 is 0 Å². The third-order valence-corrected chi connectivity index (χ3v) is 12.2. The molecule has 378 valence electrons. The van der Waals surface area contributed by atoms with Gasteiger partial charge in [-0.1, -0.05) is 217 Å². The van der Waals surface area contributed by atoms with E-state index in [-0.39, 0.29) is 32.0 Å². The Morgan fingerprint density at radius 3 is 1.34 bits per heavy atom. The standard InChI is InChI=1S/C55H98O10/c1-3-5-7-9-11-13-15-17-19-21-23-24-26-28-30-32-34-36-38-40-42-44-51(58)64-48(47-63-55-54(61)53(60)52(59)49(45-56)65-55)46-62-50(57)43-41-39-37-35-33-31-29-27-25-22-20-18-16-14-12-10-8-6-4-2/h19,21,24,26,30,32,36,38,48-49,52-56,59-61H,3-18,20,22-23,25,27-29,31,33-35,37,39-47H2,1-2H3/b21-19+,26-24+,32-30+,38-36+/t48-,49-,52+,53?,54?,55-/m1/s1. The van der Waals surface area contributed by atoms with Crippen LogP contribution in [0.15, 0.2) is 48.6 Å². The summed E-state index contributed by atoms with van der Waals surface area (Å²) in [5.74, 6) is -0.863. The largest absolute Gasteiger partial charge is 0.462 e. The van der Waals surface area contributed by atoms with Crippen molar-refractivity contribution in [2.75, 3.05) is 19.8 Å². The van der Waals surface area contributed by atoms with Gasteiger partial charge in [-0.2, -0.15) is 0 Å². The van der Waals surface area contributed by atoms with Gasteiger partial charge in [-0.05, 0) is 51.4 Å². The maximum Gasteiger partial charge on any atom is 0.306 e. The second-order valence-corrected chi connectivity index (χ2v) is 18.3. The lowest BCUT2D eigenvalue weighted by atomic mass is 9.99. The van der Waals surface area contributed by atoms with Gasteiger partial charge in [0.25, 0.3) is 0 Å². The first-order valence-corrected chi connectivity index (χ1v) is 26.7. The molecule has 0 spiro atoms. The van der Waals surface area contributed by atoms with Gasteiger partial charge in [0.05, 0.1) is 13.2 Å². The summed E-state index contributed by atoms with van der Waals surface area (Å²) in [5.41, 5.74) is 0. The molecule has 1 aliphatic heterocycles. The first kappa shape index (κ1) is 60.7. The lowest BCUT2D eigenvalue weighted by Crippen LogP contribution is -2.59. The molecule has 0 saturated carbocycles. The Kier molecular flexibility index (Phi) is 42.4. The van der Waals surface area contributed by atoms with Gasteiger partial charge in [-0.3, -0.25) is 9.59 Å². The van der Waals surface area contributed by atoms with Crippen molar-refractivity contribution in [3.63, 3.8) is 0 Å². The summed E-state index contributed by atoms with van der Waals surface area (Å²) >= 11 is 0.